The van der Waals surface area contributed by atoms with Crippen LogP contribution in [0.5, 0.6) is 0 Å². The molecule has 0 aliphatic carbocycles. The Morgan fingerprint density at radius 1 is 1.15 bits per heavy atom. The maximum Gasteiger partial charge on any atom is 0.408 e. The molecule has 0 fully saturated rings. The van der Waals surface area contributed by atoms with Crippen molar-refractivity contribution in [2.75, 3.05) is 6.54 Å². The molecule has 2 rings (SSSR count). The topological polar surface area (TPSA) is 55.4 Å². The van der Waals surface area contributed by atoms with E-state index in [0.29, 0.717) is 10.6 Å². The number of halogens is 2. The highest BCUT2D eigenvalue weighted by atomic mass is 35.5. The van der Waals surface area contributed by atoms with Crippen LogP contribution in [0.3, 0.4) is 0 Å². The molecule has 6 heteroatoms. The Hall–Kier alpha value is -2.84. The Morgan fingerprint density at radius 3 is 2.52 bits per heavy atom. The van der Waals surface area contributed by atoms with E-state index in [1.54, 1.807) is 39.0 Å². The highest BCUT2D eigenvalue weighted by Crippen LogP contribution is 2.20. The molecule has 0 radical (unpaired) electrons. The molecule has 0 bridgehead atoms. The standard InChI is InChI=1S/C21H19ClFNO3/c1-21(2,3)27-20(26)24-12-6-7-14-10-11-15(22)13-17(14)19(25)16-8-4-5-9-18(16)23/h4-5,8-11,13H,12H2,1-3H3,(H,24,26). The first-order chi connectivity index (χ1) is 12.7. The minimum Gasteiger partial charge on any atom is -0.444 e. The van der Waals surface area contributed by atoms with E-state index in [1.165, 1.54) is 24.3 Å². The number of ketones is 1. The van der Waals surface area contributed by atoms with Crippen LogP contribution >= 0.6 is 11.6 Å². The SMILES string of the molecule is CC(C)(C)OC(=O)NCC#Cc1ccc(Cl)cc1C(=O)c1ccccc1F. The maximum atomic E-state index is 13.9. The summed E-state index contributed by atoms with van der Waals surface area (Å²) in [5.74, 6) is 4.42. The lowest BCUT2D eigenvalue weighted by atomic mass is 9.98. The second-order valence-corrected chi connectivity index (χ2v) is 7.09. The molecule has 2 aromatic rings. The van der Waals surface area contributed by atoms with Gasteiger partial charge < -0.3 is 10.1 Å². The molecule has 4 nitrogen and oxygen atoms in total. The van der Waals surface area contributed by atoms with Gasteiger partial charge in [-0.05, 0) is 51.1 Å². The molecule has 0 aliphatic heterocycles. The molecule has 0 unspecified atom stereocenters. The maximum absolute atomic E-state index is 13.9. The van der Waals surface area contributed by atoms with E-state index in [2.05, 4.69) is 17.2 Å². The van der Waals surface area contributed by atoms with E-state index in [-0.39, 0.29) is 17.7 Å². The zero-order valence-corrected chi connectivity index (χ0v) is 16.0. The van der Waals surface area contributed by atoms with E-state index in [4.69, 9.17) is 16.3 Å². The van der Waals surface area contributed by atoms with Crippen molar-refractivity contribution in [2.45, 2.75) is 26.4 Å². The van der Waals surface area contributed by atoms with Crippen molar-refractivity contribution in [1.29, 1.82) is 0 Å². The van der Waals surface area contributed by atoms with Gasteiger partial charge in [-0.3, -0.25) is 4.79 Å². The van der Waals surface area contributed by atoms with Crippen LogP contribution in [0.25, 0.3) is 0 Å². The van der Waals surface area contributed by atoms with Crippen LogP contribution in [0.2, 0.25) is 5.02 Å². The molecule has 0 atom stereocenters. The molecule has 0 saturated heterocycles. The minimum absolute atomic E-state index is 0.0326. The van der Waals surface area contributed by atoms with Crippen LogP contribution in [0.1, 0.15) is 42.3 Å². The fourth-order valence-corrected chi connectivity index (χ4v) is 2.35. The van der Waals surface area contributed by atoms with Crippen LogP contribution in [-0.2, 0) is 4.74 Å². The van der Waals surface area contributed by atoms with Gasteiger partial charge in [0, 0.05) is 16.1 Å². The van der Waals surface area contributed by atoms with E-state index < -0.39 is 23.3 Å². The summed E-state index contributed by atoms with van der Waals surface area (Å²) in [5.41, 5.74) is -0.0850. The molecular formula is C21H19ClFNO3. The Balaban J connectivity index is 2.19. The van der Waals surface area contributed by atoms with Crippen molar-refractivity contribution >= 4 is 23.5 Å². The molecule has 1 N–H and O–H groups in total. The molecule has 0 aliphatic rings. The van der Waals surface area contributed by atoms with Crippen molar-refractivity contribution in [3.63, 3.8) is 0 Å². The number of amides is 1. The zero-order valence-electron chi connectivity index (χ0n) is 15.2. The lowest BCUT2D eigenvalue weighted by molar-refractivity contribution is 0.0535. The average Bonchev–Trinajstić information content (AvgIpc) is 2.58. The van der Waals surface area contributed by atoms with Crippen LogP contribution < -0.4 is 5.32 Å². The van der Waals surface area contributed by atoms with Gasteiger partial charge in [0.15, 0.2) is 5.78 Å². The molecule has 0 spiro atoms. The quantitative estimate of drug-likeness (QED) is 0.619. The smallest absolute Gasteiger partial charge is 0.408 e. The third kappa shape index (κ3) is 6.12. The summed E-state index contributed by atoms with van der Waals surface area (Å²) in [7, 11) is 0. The van der Waals surface area contributed by atoms with Gasteiger partial charge in [-0.25, -0.2) is 9.18 Å². The predicted molar refractivity (Wildman–Crippen MR) is 102 cm³/mol. The second-order valence-electron chi connectivity index (χ2n) is 6.66. The summed E-state index contributed by atoms with van der Waals surface area (Å²) < 4.78 is 19.0. The summed E-state index contributed by atoms with van der Waals surface area (Å²) in [6.07, 6.45) is -0.587. The van der Waals surface area contributed by atoms with Crippen molar-refractivity contribution in [3.8, 4) is 11.8 Å². The number of rotatable bonds is 3. The fourth-order valence-electron chi connectivity index (χ4n) is 2.17. The number of alkyl carbamates (subject to hydrolysis) is 1. The second kappa shape index (κ2) is 8.70. The van der Waals surface area contributed by atoms with Gasteiger partial charge in [-0.15, -0.1) is 0 Å². The number of ether oxygens (including phenoxy) is 1. The lowest BCUT2D eigenvalue weighted by Crippen LogP contribution is -2.32. The van der Waals surface area contributed by atoms with E-state index in [9.17, 15) is 14.0 Å². The molecule has 140 valence electrons. The first-order valence-electron chi connectivity index (χ1n) is 8.22. The van der Waals surface area contributed by atoms with E-state index in [1.807, 2.05) is 0 Å². The predicted octanol–water partition coefficient (Wildman–Crippen LogP) is 4.59. The Bertz CT molecular complexity index is 923. The first kappa shape index (κ1) is 20.5. The summed E-state index contributed by atoms with van der Waals surface area (Å²) >= 11 is 5.98. The number of benzene rings is 2. The molecule has 27 heavy (non-hydrogen) atoms. The highest BCUT2D eigenvalue weighted by molar-refractivity contribution is 6.31. The van der Waals surface area contributed by atoms with Crippen LogP contribution in [0.4, 0.5) is 9.18 Å². The van der Waals surface area contributed by atoms with Crippen molar-refractivity contribution in [3.05, 3.63) is 70.0 Å². The van der Waals surface area contributed by atoms with Crippen molar-refractivity contribution in [2.24, 2.45) is 0 Å². The van der Waals surface area contributed by atoms with Gasteiger partial charge in [0.2, 0.25) is 0 Å². The molecule has 0 aromatic heterocycles. The molecular weight excluding hydrogens is 369 g/mol. The van der Waals surface area contributed by atoms with Crippen LogP contribution in [0, 0.1) is 17.7 Å². The van der Waals surface area contributed by atoms with Crippen LogP contribution in [-0.4, -0.2) is 24.0 Å². The molecule has 0 saturated carbocycles. The van der Waals surface area contributed by atoms with Gasteiger partial charge in [0.25, 0.3) is 0 Å². The molecule has 0 heterocycles. The Morgan fingerprint density at radius 2 is 1.85 bits per heavy atom. The lowest BCUT2D eigenvalue weighted by Gasteiger charge is -2.19. The Kier molecular flexibility index (Phi) is 6.59. The zero-order chi connectivity index (χ0) is 20.0. The number of carbonyl (C=O) groups is 2. The number of hydrogen-bond acceptors (Lipinski definition) is 3. The third-order valence-electron chi connectivity index (χ3n) is 3.29. The van der Waals surface area contributed by atoms with Crippen molar-refractivity contribution in [1.82, 2.24) is 5.32 Å². The van der Waals surface area contributed by atoms with Gasteiger partial charge in [-0.2, -0.15) is 0 Å². The average molecular weight is 388 g/mol. The monoisotopic (exact) mass is 387 g/mol. The molecule has 2 aromatic carbocycles. The van der Waals surface area contributed by atoms with E-state index >= 15 is 0 Å². The van der Waals surface area contributed by atoms with Crippen molar-refractivity contribution < 1.29 is 18.7 Å². The van der Waals surface area contributed by atoms with Gasteiger partial charge in [0.1, 0.15) is 11.4 Å². The van der Waals surface area contributed by atoms with Crippen LogP contribution in [0.15, 0.2) is 42.5 Å². The fraction of sp³-hybridized carbons (Fsp3) is 0.238. The first-order valence-corrected chi connectivity index (χ1v) is 8.59. The van der Waals surface area contributed by atoms with E-state index in [0.717, 1.165) is 0 Å². The number of nitrogens with one attached hydrogen (secondary N) is 1. The minimum atomic E-state index is -0.618. The third-order valence-corrected chi connectivity index (χ3v) is 3.52. The summed E-state index contributed by atoms with van der Waals surface area (Å²) in [5, 5.41) is 2.84. The number of carbonyl (C=O) groups excluding carboxylic acids is 2. The van der Waals surface area contributed by atoms with Gasteiger partial charge in [-0.1, -0.05) is 35.6 Å². The summed E-state index contributed by atoms with van der Waals surface area (Å²) in [6, 6.07) is 10.3. The Labute approximate surface area is 162 Å². The summed E-state index contributed by atoms with van der Waals surface area (Å²) in [6.45, 7) is 5.30. The largest absolute Gasteiger partial charge is 0.444 e. The normalized spacial score (nSPS) is 10.6. The van der Waals surface area contributed by atoms with Gasteiger partial charge >= 0.3 is 6.09 Å². The number of hydrogen-bond donors (Lipinski definition) is 1. The highest BCUT2D eigenvalue weighted by Gasteiger charge is 2.17. The van der Waals surface area contributed by atoms with Gasteiger partial charge in [0.05, 0.1) is 12.1 Å². The molecule has 1 amide bonds. The summed E-state index contributed by atoms with van der Waals surface area (Å²) in [4.78, 5) is 24.3.